The largest absolute Gasteiger partial charge is 0.457 e. The van der Waals surface area contributed by atoms with Crippen molar-refractivity contribution in [1.29, 1.82) is 0 Å². The molecule has 0 N–H and O–H groups in total. The van der Waals surface area contributed by atoms with E-state index < -0.39 is 0 Å². The van der Waals surface area contributed by atoms with E-state index in [4.69, 9.17) is 4.74 Å². The molecule has 0 saturated heterocycles. The van der Waals surface area contributed by atoms with Crippen LogP contribution in [0.4, 0.5) is 0 Å². The molecule has 0 aliphatic carbocycles. The number of nitrogens with zero attached hydrogens (tertiary/aromatic N) is 1. The number of para-hydroxylation sites is 1. The summed E-state index contributed by atoms with van der Waals surface area (Å²) >= 11 is 4.22. The van der Waals surface area contributed by atoms with E-state index in [0.29, 0.717) is 17.1 Å². The minimum atomic E-state index is -0.0820. The molecule has 0 aliphatic heterocycles. The van der Waals surface area contributed by atoms with E-state index in [0.717, 1.165) is 4.90 Å². The maximum atomic E-state index is 12.0. The molecule has 19 heavy (non-hydrogen) atoms. The van der Waals surface area contributed by atoms with Gasteiger partial charge in [-0.2, -0.15) is 0 Å². The van der Waals surface area contributed by atoms with Crippen LogP contribution in [0, 0.1) is 0 Å². The second-order valence-corrected chi connectivity index (χ2v) is 4.81. The molecular formula is C15H15NO2S. The Balaban J connectivity index is 2.30. The van der Waals surface area contributed by atoms with Crippen molar-refractivity contribution in [2.75, 3.05) is 14.1 Å². The van der Waals surface area contributed by atoms with Crippen molar-refractivity contribution in [2.24, 2.45) is 0 Å². The van der Waals surface area contributed by atoms with E-state index in [1.54, 1.807) is 26.2 Å². The Hall–Kier alpha value is -1.94. The predicted molar refractivity (Wildman–Crippen MR) is 78.2 cm³/mol. The molecule has 0 radical (unpaired) electrons. The quantitative estimate of drug-likeness (QED) is 0.868. The molecule has 4 heteroatoms. The number of thiol groups is 1. The van der Waals surface area contributed by atoms with Crippen molar-refractivity contribution >= 4 is 18.5 Å². The van der Waals surface area contributed by atoms with E-state index in [9.17, 15) is 4.79 Å². The third-order valence-electron chi connectivity index (χ3n) is 2.59. The summed E-state index contributed by atoms with van der Waals surface area (Å²) in [5.41, 5.74) is 0.544. The monoisotopic (exact) mass is 273 g/mol. The fourth-order valence-corrected chi connectivity index (χ4v) is 1.76. The number of hydrogen-bond acceptors (Lipinski definition) is 3. The molecule has 0 saturated carbocycles. The van der Waals surface area contributed by atoms with E-state index in [1.165, 1.54) is 4.90 Å². The summed E-state index contributed by atoms with van der Waals surface area (Å²) in [6.45, 7) is 0. The molecule has 1 amide bonds. The van der Waals surface area contributed by atoms with Gasteiger partial charge in [-0.25, -0.2) is 0 Å². The van der Waals surface area contributed by atoms with Gasteiger partial charge in [0.2, 0.25) is 0 Å². The van der Waals surface area contributed by atoms with Crippen LogP contribution in [0.3, 0.4) is 0 Å². The Kier molecular flexibility index (Phi) is 4.12. The summed E-state index contributed by atoms with van der Waals surface area (Å²) in [6, 6.07) is 14.5. The summed E-state index contributed by atoms with van der Waals surface area (Å²) < 4.78 is 5.75. The van der Waals surface area contributed by atoms with Crippen LogP contribution in [-0.2, 0) is 0 Å². The van der Waals surface area contributed by atoms with Gasteiger partial charge in [0.15, 0.2) is 0 Å². The number of ether oxygens (including phenoxy) is 1. The van der Waals surface area contributed by atoms with Crippen molar-refractivity contribution in [2.45, 2.75) is 4.90 Å². The Bertz CT molecular complexity index is 579. The lowest BCUT2D eigenvalue weighted by molar-refractivity contribution is 0.0825. The molecule has 0 aliphatic rings. The Morgan fingerprint density at radius 3 is 2.32 bits per heavy atom. The van der Waals surface area contributed by atoms with Crippen LogP contribution in [0.5, 0.6) is 11.5 Å². The molecule has 0 aromatic heterocycles. The molecule has 0 atom stereocenters. The Labute approximate surface area is 118 Å². The van der Waals surface area contributed by atoms with Gasteiger partial charge in [-0.15, -0.1) is 12.6 Å². The standard InChI is InChI=1S/C15H15NO2S/c1-16(2)15(17)13-5-3-4-6-14(13)18-11-7-9-12(19)10-8-11/h3-10,19H,1-2H3. The van der Waals surface area contributed by atoms with Crippen molar-refractivity contribution in [1.82, 2.24) is 4.90 Å². The zero-order valence-corrected chi connectivity index (χ0v) is 11.7. The molecule has 0 heterocycles. The fourth-order valence-electron chi connectivity index (χ4n) is 1.61. The number of rotatable bonds is 3. The van der Waals surface area contributed by atoms with Crippen LogP contribution < -0.4 is 4.74 Å². The molecule has 3 nitrogen and oxygen atoms in total. The summed E-state index contributed by atoms with van der Waals surface area (Å²) in [7, 11) is 3.43. The molecule has 0 fully saturated rings. The lowest BCUT2D eigenvalue weighted by Gasteiger charge is -2.14. The summed E-state index contributed by atoms with van der Waals surface area (Å²) in [6.07, 6.45) is 0. The number of carbonyl (C=O) groups is 1. The fraction of sp³-hybridized carbons (Fsp3) is 0.133. The molecule has 98 valence electrons. The smallest absolute Gasteiger partial charge is 0.257 e. The second-order valence-electron chi connectivity index (χ2n) is 4.29. The van der Waals surface area contributed by atoms with E-state index in [2.05, 4.69) is 12.6 Å². The van der Waals surface area contributed by atoms with Gasteiger partial charge in [0.25, 0.3) is 5.91 Å². The topological polar surface area (TPSA) is 29.5 Å². The maximum absolute atomic E-state index is 12.0. The van der Waals surface area contributed by atoms with Crippen molar-refractivity contribution in [3.8, 4) is 11.5 Å². The van der Waals surface area contributed by atoms with Gasteiger partial charge < -0.3 is 9.64 Å². The highest BCUT2D eigenvalue weighted by atomic mass is 32.1. The van der Waals surface area contributed by atoms with E-state index in [-0.39, 0.29) is 5.91 Å². The highest BCUT2D eigenvalue weighted by Crippen LogP contribution is 2.26. The first kappa shape index (κ1) is 13.5. The first-order valence-electron chi connectivity index (χ1n) is 5.85. The van der Waals surface area contributed by atoms with Crippen molar-refractivity contribution < 1.29 is 9.53 Å². The van der Waals surface area contributed by atoms with Crippen LogP contribution in [0.2, 0.25) is 0 Å². The van der Waals surface area contributed by atoms with Gasteiger partial charge >= 0.3 is 0 Å². The zero-order valence-electron chi connectivity index (χ0n) is 10.8. The van der Waals surface area contributed by atoms with Gasteiger partial charge in [-0.05, 0) is 36.4 Å². The van der Waals surface area contributed by atoms with Crippen LogP contribution in [0.1, 0.15) is 10.4 Å². The highest BCUT2D eigenvalue weighted by Gasteiger charge is 2.14. The molecule has 2 aromatic rings. The minimum absolute atomic E-state index is 0.0820. The summed E-state index contributed by atoms with van der Waals surface area (Å²) in [4.78, 5) is 14.4. The number of benzene rings is 2. The minimum Gasteiger partial charge on any atom is -0.457 e. The van der Waals surface area contributed by atoms with Gasteiger partial charge in [-0.1, -0.05) is 12.1 Å². The third kappa shape index (κ3) is 3.29. The lowest BCUT2D eigenvalue weighted by Crippen LogP contribution is -2.22. The molecule has 2 aromatic carbocycles. The average Bonchev–Trinajstić information content (AvgIpc) is 2.41. The summed E-state index contributed by atoms with van der Waals surface area (Å²) in [5.74, 6) is 1.14. The number of hydrogen-bond donors (Lipinski definition) is 1. The van der Waals surface area contributed by atoms with E-state index >= 15 is 0 Å². The Morgan fingerprint density at radius 2 is 1.68 bits per heavy atom. The van der Waals surface area contributed by atoms with E-state index in [1.807, 2.05) is 36.4 Å². The maximum Gasteiger partial charge on any atom is 0.257 e. The molecule has 0 spiro atoms. The molecule has 0 unspecified atom stereocenters. The van der Waals surface area contributed by atoms with Crippen molar-refractivity contribution in [3.63, 3.8) is 0 Å². The first-order chi connectivity index (χ1) is 9.08. The SMILES string of the molecule is CN(C)C(=O)c1ccccc1Oc1ccc(S)cc1. The van der Waals surface area contributed by atoms with Gasteiger partial charge in [0, 0.05) is 19.0 Å². The average molecular weight is 273 g/mol. The summed E-state index contributed by atoms with van der Waals surface area (Å²) in [5, 5.41) is 0. The predicted octanol–water partition coefficient (Wildman–Crippen LogP) is 3.47. The number of carbonyl (C=O) groups excluding carboxylic acids is 1. The second kappa shape index (κ2) is 5.80. The van der Waals surface area contributed by atoms with Crippen LogP contribution in [-0.4, -0.2) is 24.9 Å². The number of amides is 1. The van der Waals surface area contributed by atoms with Crippen LogP contribution >= 0.6 is 12.6 Å². The normalized spacial score (nSPS) is 10.1. The van der Waals surface area contributed by atoms with Gasteiger partial charge in [-0.3, -0.25) is 4.79 Å². The van der Waals surface area contributed by atoms with Gasteiger partial charge in [0.1, 0.15) is 11.5 Å². The molecule has 0 bridgehead atoms. The third-order valence-corrected chi connectivity index (χ3v) is 2.89. The molecular weight excluding hydrogens is 258 g/mol. The first-order valence-corrected chi connectivity index (χ1v) is 6.30. The highest BCUT2D eigenvalue weighted by molar-refractivity contribution is 7.80. The zero-order chi connectivity index (χ0) is 13.8. The Morgan fingerprint density at radius 1 is 1.05 bits per heavy atom. The van der Waals surface area contributed by atoms with Crippen LogP contribution in [0.25, 0.3) is 0 Å². The molecule has 2 rings (SSSR count). The van der Waals surface area contributed by atoms with Gasteiger partial charge in [0.05, 0.1) is 5.56 Å². The van der Waals surface area contributed by atoms with Crippen molar-refractivity contribution in [3.05, 3.63) is 54.1 Å². The lowest BCUT2D eigenvalue weighted by atomic mass is 10.2. The van der Waals surface area contributed by atoms with Crippen LogP contribution in [0.15, 0.2) is 53.4 Å².